The van der Waals surface area contributed by atoms with Crippen LogP contribution in [0.5, 0.6) is 0 Å². The molecule has 0 spiro atoms. The molecule has 20 heavy (non-hydrogen) atoms. The lowest BCUT2D eigenvalue weighted by atomic mass is 10.2. The summed E-state index contributed by atoms with van der Waals surface area (Å²) >= 11 is 1.60. The van der Waals surface area contributed by atoms with E-state index in [-0.39, 0.29) is 12.5 Å². The number of rotatable bonds is 5. The van der Waals surface area contributed by atoms with E-state index in [4.69, 9.17) is 0 Å². The van der Waals surface area contributed by atoms with Gasteiger partial charge in [-0.1, -0.05) is 17.7 Å². The molecule has 0 fully saturated rings. The van der Waals surface area contributed by atoms with Gasteiger partial charge in [0.2, 0.25) is 0 Å². The average Bonchev–Trinajstić information content (AvgIpc) is 2.84. The molecule has 0 aliphatic heterocycles. The second-order valence-electron chi connectivity index (χ2n) is 4.48. The molecule has 0 aliphatic carbocycles. The third kappa shape index (κ3) is 4.20. The van der Waals surface area contributed by atoms with Gasteiger partial charge in [-0.2, -0.15) is 5.10 Å². The molecular formula is C15H17N3OS. The standard InChI is InChI=1S/C15H17N3OS/c1-11-3-5-13(6-4-11)16-10-15(19)18-17-9-14-12(2)7-8-20-14/h3-9,16H,10H2,1-2H3,(H,18,19)/b17-9-. The lowest BCUT2D eigenvalue weighted by Gasteiger charge is -2.05. The summed E-state index contributed by atoms with van der Waals surface area (Å²) in [6.45, 7) is 4.24. The van der Waals surface area contributed by atoms with E-state index in [0.29, 0.717) is 0 Å². The Morgan fingerprint density at radius 2 is 2.00 bits per heavy atom. The molecule has 5 heteroatoms. The first kappa shape index (κ1) is 14.3. The first-order valence-corrected chi connectivity index (χ1v) is 7.19. The quantitative estimate of drug-likeness (QED) is 0.656. The van der Waals surface area contributed by atoms with Crippen LogP contribution in [0.25, 0.3) is 0 Å². The molecule has 0 unspecified atom stereocenters. The number of nitrogens with zero attached hydrogens (tertiary/aromatic N) is 1. The van der Waals surface area contributed by atoms with Crippen LogP contribution in [0, 0.1) is 13.8 Å². The lowest BCUT2D eigenvalue weighted by molar-refractivity contribution is -0.119. The van der Waals surface area contributed by atoms with E-state index in [1.54, 1.807) is 17.6 Å². The van der Waals surface area contributed by atoms with Crippen LogP contribution in [-0.4, -0.2) is 18.7 Å². The second-order valence-corrected chi connectivity index (χ2v) is 5.43. The lowest BCUT2D eigenvalue weighted by Crippen LogP contribution is -2.25. The van der Waals surface area contributed by atoms with Gasteiger partial charge in [-0.15, -0.1) is 11.3 Å². The molecule has 2 aromatic rings. The highest BCUT2D eigenvalue weighted by Crippen LogP contribution is 2.12. The highest BCUT2D eigenvalue weighted by molar-refractivity contribution is 7.11. The number of benzene rings is 1. The van der Waals surface area contributed by atoms with Gasteiger partial charge in [-0.3, -0.25) is 4.79 Å². The van der Waals surface area contributed by atoms with Gasteiger partial charge < -0.3 is 5.32 Å². The van der Waals surface area contributed by atoms with Gasteiger partial charge in [0.15, 0.2) is 0 Å². The molecule has 1 amide bonds. The maximum atomic E-state index is 11.6. The molecule has 0 atom stereocenters. The van der Waals surface area contributed by atoms with Crippen molar-refractivity contribution >= 4 is 29.1 Å². The molecule has 2 N–H and O–H groups in total. The molecule has 0 aliphatic rings. The Morgan fingerprint density at radius 3 is 2.65 bits per heavy atom. The first-order chi connectivity index (χ1) is 9.65. The summed E-state index contributed by atoms with van der Waals surface area (Å²) in [4.78, 5) is 12.7. The van der Waals surface area contributed by atoms with Gasteiger partial charge in [0.1, 0.15) is 0 Å². The number of hydrazone groups is 1. The molecule has 1 heterocycles. The molecule has 0 saturated carbocycles. The normalized spacial score (nSPS) is 10.7. The third-order valence-corrected chi connectivity index (χ3v) is 3.73. The zero-order valence-electron chi connectivity index (χ0n) is 11.5. The van der Waals surface area contributed by atoms with Crippen LogP contribution in [0.15, 0.2) is 40.8 Å². The molecule has 0 saturated heterocycles. The molecule has 0 bridgehead atoms. The number of anilines is 1. The van der Waals surface area contributed by atoms with Crippen LogP contribution >= 0.6 is 11.3 Å². The second kappa shape index (κ2) is 6.86. The highest BCUT2D eigenvalue weighted by atomic mass is 32.1. The minimum absolute atomic E-state index is 0.170. The summed E-state index contributed by atoms with van der Waals surface area (Å²) < 4.78 is 0. The van der Waals surface area contributed by atoms with Crippen molar-refractivity contribution in [3.63, 3.8) is 0 Å². The van der Waals surface area contributed by atoms with E-state index in [1.807, 2.05) is 49.6 Å². The number of hydrogen-bond acceptors (Lipinski definition) is 4. The minimum atomic E-state index is -0.170. The summed E-state index contributed by atoms with van der Waals surface area (Å²) in [5.41, 5.74) is 5.77. The van der Waals surface area contributed by atoms with E-state index in [0.717, 1.165) is 16.1 Å². The predicted molar refractivity (Wildman–Crippen MR) is 84.5 cm³/mol. The largest absolute Gasteiger partial charge is 0.376 e. The van der Waals surface area contributed by atoms with E-state index in [9.17, 15) is 4.79 Å². The maximum absolute atomic E-state index is 11.6. The fourth-order valence-corrected chi connectivity index (χ4v) is 2.36. The van der Waals surface area contributed by atoms with Crippen molar-refractivity contribution in [2.75, 3.05) is 11.9 Å². The average molecular weight is 287 g/mol. The van der Waals surface area contributed by atoms with Gasteiger partial charge in [0, 0.05) is 10.6 Å². The van der Waals surface area contributed by atoms with E-state index >= 15 is 0 Å². The number of aryl methyl sites for hydroxylation is 2. The highest BCUT2D eigenvalue weighted by Gasteiger charge is 2.00. The van der Waals surface area contributed by atoms with Crippen LogP contribution in [0.1, 0.15) is 16.0 Å². The Bertz CT molecular complexity index is 602. The fourth-order valence-electron chi connectivity index (χ4n) is 1.57. The van der Waals surface area contributed by atoms with E-state index in [1.165, 1.54) is 5.56 Å². The number of carbonyl (C=O) groups excluding carboxylic acids is 1. The van der Waals surface area contributed by atoms with Gasteiger partial charge >= 0.3 is 0 Å². The number of amides is 1. The molecule has 2 rings (SSSR count). The minimum Gasteiger partial charge on any atom is -0.376 e. The smallest absolute Gasteiger partial charge is 0.259 e. The molecule has 104 valence electrons. The topological polar surface area (TPSA) is 53.5 Å². The molecule has 0 radical (unpaired) electrons. The van der Waals surface area contributed by atoms with E-state index in [2.05, 4.69) is 15.8 Å². The van der Waals surface area contributed by atoms with Crippen molar-refractivity contribution in [3.8, 4) is 0 Å². The van der Waals surface area contributed by atoms with Crippen molar-refractivity contribution in [2.24, 2.45) is 5.10 Å². The number of thiophene rings is 1. The number of hydrogen-bond donors (Lipinski definition) is 2. The molecule has 1 aromatic heterocycles. The van der Waals surface area contributed by atoms with Crippen molar-refractivity contribution < 1.29 is 4.79 Å². The predicted octanol–water partition coefficient (Wildman–Crippen LogP) is 2.93. The van der Waals surface area contributed by atoms with Crippen molar-refractivity contribution in [1.82, 2.24) is 5.43 Å². The zero-order chi connectivity index (χ0) is 14.4. The third-order valence-electron chi connectivity index (χ3n) is 2.78. The van der Waals surface area contributed by atoms with Crippen LogP contribution < -0.4 is 10.7 Å². The van der Waals surface area contributed by atoms with Crippen molar-refractivity contribution in [3.05, 3.63) is 51.7 Å². The van der Waals surface area contributed by atoms with Crippen LogP contribution in [0.2, 0.25) is 0 Å². The zero-order valence-corrected chi connectivity index (χ0v) is 12.3. The van der Waals surface area contributed by atoms with Crippen molar-refractivity contribution in [1.29, 1.82) is 0 Å². The van der Waals surface area contributed by atoms with Crippen LogP contribution in [-0.2, 0) is 4.79 Å². The molecule has 4 nitrogen and oxygen atoms in total. The number of nitrogens with one attached hydrogen (secondary N) is 2. The monoisotopic (exact) mass is 287 g/mol. The summed E-state index contributed by atoms with van der Waals surface area (Å²) in [6, 6.07) is 9.91. The Kier molecular flexibility index (Phi) is 4.90. The van der Waals surface area contributed by atoms with Gasteiger partial charge in [0.25, 0.3) is 5.91 Å². The summed E-state index contributed by atoms with van der Waals surface area (Å²) in [5.74, 6) is -0.170. The summed E-state index contributed by atoms with van der Waals surface area (Å²) in [7, 11) is 0. The first-order valence-electron chi connectivity index (χ1n) is 6.31. The van der Waals surface area contributed by atoms with E-state index < -0.39 is 0 Å². The van der Waals surface area contributed by atoms with Crippen molar-refractivity contribution in [2.45, 2.75) is 13.8 Å². The maximum Gasteiger partial charge on any atom is 0.259 e. The van der Waals surface area contributed by atoms with Gasteiger partial charge in [-0.05, 0) is 43.0 Å². The summed E-state index contributed by atoms with van der Waals surface area (Å²) in [6.07, 6.45) is 1.67. The summed E-state index contributed by atoms with van der Waals surface area (Å²) in [5, 5.41) is 8.99. The Morgan fingerprint density at radius 1 is 1.25 bits per heavy atom. The number of carbonyl (C=O) groups is 1. The Labute approximate surface area is 122 Å². The van der Waals surface area contributed by atoms with Crippen LogP contribution in [0.3, 0.4) is 0 Å². The van der Waals surface area contributed by atoms with Gasteiger partial charge in [0.05, 0.1) is 12.8 Å². The fraction of sp³-hybridized carbons (Fsp3) is 0.200. The van der Waals surface area contributed by atoms with Gasteiger partial charge in [-0.25, -0.2) is 5.43 Å². The molecular weight excluding hydrogens is 270 g/mol. The SMILES string of the molecule is Cc1ccc(NCC(=O)N/N=C\c2sccc2C)cc1. The Hall–Kier alpha value is -2.14. The Balaban J connectivity index is 1.77. The molecule has 1 aromatic carbocycles. The van der Waals surface area contributed by atoms with Crippen LogP contribution in [0.4, 0.5) is 5.69 Å².